The smallest absolute Gasteiger partial charge is 0.243 e. The zero-order chi connectivity index (χ0) is 23.8. The Hall–Kier alpha value is -2.53. The van der Waals surface area contributed by atoms with Crippen LogP contribution in [0.1, 0.15) is 6.92 Å². The van der Waals surface area contributed by atoms with Crippen LogP contribution < -0.4 is 18.9 Å². The van der Waals surface area contributed by atoms with Gasteiger partial charge in [0.2, 0.25) is 10.0 Å². The molecule has 182 valence electrons. The summed E-state index contributed by atoms with van der Waals surface area (Å²) in [7, 11) is -0.679. The fraction of sp³-hybridized carbons (Fsp3) is 0.478. The van der Waals surface area contributed by atoms with E-state index in [2.05, 4.69) is 0 Å². The van der Waals surface area contributed by atoms with Crippen molar-refractivity contribution in [3.05, 3.63) is 42.5 Å². The van der Waals surface area contributed by atoms with Gasteiger partial charge in [-0.2, -0.15) is 4.31 Å². The number of aliphatic hydroxyl groups excluding tert-OH is 1. The van der Waals surface area contributed by atoms with Crippen molar-refractivity contribution in [2.75, 3.05) is 60.2 Å². The molecule has 10 heteroatoms. The summed E-state index contributed by atoms with van der Waals surface area (Å²) in [6.07, 6.45) is -0.689. The molecule has 9 nitrogen and oxygen atoms in total. The maximum atomic E-state index is 13.0. The van der Waals surface area contributed by atoms with Crippen molar-refractivity contribution in [3.63, 3.8) is 0 Å². The first-order valence-corrected chi connectivity index (χ1v) is 12.3. The molecule has 1 saturated heterocycles. The molecule has 33 heavy (non-hydrogen) atoms. The highest BCUT2D eigenvalue weighted by molar-refractivity contribution is 7.89. The van der Waals surface area contributed by atoms with E-state index in [9.17, 15) is 13.5 Å². The van der Waals surface area contributed by atoms with E-state index in [1.54, 1.807) is 18.2 Å². The lowest BCUT2D eigenvalue weighted by atomic mass is 10.3. The van der Waals surface area contributed by atoms with Crippen molar-refractivity contribution >= 4 is 10.0 Å². The van der Waals surface area contributed by atoms with Gasteiger partial charge in [0.05, 0.1) is 25.7 Å². The van der Waals surface area contributed by atoms with Crippen molar-refractivity contribution in [3.8, 4) is 23.0 Å². The second kappa shape index (κ2) is 11.6. The summed E-state index contributed by atoms with van der Waals surface area (Å²) >= 11 is 0. The van der Waals surface area contributed by atoms with Crippen LogP contribution in [0, 0.1) is 0 Å². The molecule has 0 bridgehead atoms. The summed E-state index contributed by atoms with van der Waals surface area (Å²) in [4.78, 5) is 2.20. The van der Waals surface area contributed by atoms with Crippen LogP contribution >= 0.6 is 0 Å². The molecule has 2 aromatic rings. The SMILES string of the molecule is CCOc1ccc(OCC(O)CN2CCN(S(=O)(=O)c3ccc(OC)c(OC)c3)CC2)cc1. The lowest BCUT2D eigenvalue weighted by Crippen LogP contribution is -2.50. The Kier molecular flexibility index (Phi) is 8.79. The number of hydrogen-bond acceptors (Lipinski definition) is 8. The molecule has 0 aromatic heterocycles. The lowest BCUT2D eigenvalue weighted by molar-refractivity contribution is 0.0569. The van der Waals surface area contributed by atoms with Gasteiger partial charge in [-0.1, -0.05) is 0 Å². The summed E-state index contributed by atoms with van der Waals surface area (Å²) in [5.41, 5.74) is 0. The maximum absolute atomic E-state index is 13.0. The van der Waals surface area contributed by atoms with Gasteiger partial charge < -0.3 is 24.1 Å². The zero-order valence-corrected chi connectivity index (χ0v) is 20.1. The van der Waals surface area contributed by atoms with Crippen LogP contribution in [0.3, 0.4) is 0 Å². The number of benzene rings is 2. The zero-order valence-electron chi connectivity index (χ0n) is 19.3. The normalized spacial score (nSPS) is 16.2. The van der Waals surface area contributed by atoms with E-state index in [1.807, 2.05) is 24.0 Å². The molecule has 1 N–H and O–H groups in total. The minimum atomic E-state index is -3.65. The molecule has 0 spiro atoms. The third kappa shape index (κ3) is 6.50. The van der Waals surface area contributed by atoms with Crippen LogP contribution in [0.5, 0.6) is 23.0 Å². The van der Waals surface area contributed by atoms with Gasteiger partial charge in [-0.3, -0.25) is 4.90 Å². The standard InChI is InChI=1S/C23H32N2O7S/c1-4-31-19-5-7-20(8-6-19)32-17-18(26)16-24-11-13-25(14-12-24)33(27,28)21-9-10-22(29-2)23(15-21)30-3/h5-10,15,18,26H,4,11-14,16-17H2,1-3H3. The number of rotatable bonds is 11. The summed E-state index contributed by atoms with van der Waals surface area (Å²) in [6, 6.07) is 11.8. The minimum Gasteiger partial charge on any atom is -0.494 e. The van der Waals surface area contributed by atoms with E-state index < -0.39 is 16.1 Å². The van der Waals surface area contributed by atoms with Crippen molar-refractivity contribution in [2.45, 2.75) is 17.9 Å². The molecule has 2 aromatic carbocycles. The van der Waals surface area contributed by atoms with Crippen molar-refractivity contribution in [1.29, 1.82) is 0 Å². The molecule has 0 radical (unpaired) electrons. The Morgan fingerprint density at radius 2 is 1.52 bits per heavy atom. The molecule has 1 aliphatic heterocycles. The Balaban J connectivity index is 1.48. The minimum absolute atomic E-state index is 0.151. The van der Waals surface area contributed by atoms with E-state index in [-0.39, 0.29) is 11.5 Å². The highest BCUT2D eigenvalue weighted by Crippen LogP contribution is 2.31. The van der Waals surface area contributed by atoms with Gasteiger partial charge in [0.15, 0.2) is 11.5 Å². The summed E-state index contributed by atoms with van der Waals surface area (Å²) in [6.45, 7) is 4.79. The van der Waals surface area contributed by atoms with Crippen molar-refractivity contribution in [2.24, 2.45) is 0 Å². The van der Waals surface area contributed by atoms with Gasteiger partial charge in [0.1, 0.15) is 24.2 Å². The van der Waals surface area contributed by atoms with Crippen LogP contribution in [-0.4, -0.2) is 89.0 Å². The predicted octanol–water partition coefficient (Wildman–Crippen LogP) is 1.85. The van der Waals surface area contributed by atoms with Gasteiger partial charge in [-0.25, -0.2) is 8.42 Å². The highest BCUT2D eigenvalue weighted by Gasteiger charge is 2.30. The molecule has 0 amide bonds. The van der Waals surface area contributed by atoms with Crippen LogP contribution in [0.25, 0.3) is 0 Å². The van der Waals surface area contributed by atoms with Gasteiger partial charge >= 0.3 is 0 Å². The van der Waals surface area contributed by atoms with Gasteiger partial charge in [-0.05, 0) is 43.3 Å². The Morgan fingerprint density at radius 1 is 0.909 bits per heavy atom. The average molecular weight is 481 g/mol. The molecule has 1 unspecified atom stereocenters. The maximum Gasteiger partial charge on any atom is 0.243 e. The van der Waals surface area contributed by atoms with E-state index in [4.69, 9.17) is 18.9 Å². The number of methoxy groups -OCH3 is 2. The monoisotopic (exact) mass is 480 g/mol. The highest BCUT2D eigenvalue weighted by atomic mass is 32.2. The molecular formula is C23H32N2O7S. The van der Waals surface area contributed by atoms with E-state index in [1.165, 1.54) is 30.7 Å². The lowest BCUT2D eigenvalue weighted by Gasteiger charge is -2.34. The fourth-order valence-electron chi connectivity index (χ4n) is 3.62. The van der Waals surface area contributed by atoms with E-state index in [0.717, 1.165) is 5.75 Å². The van der Waals surface area contributed by atoms with Crippen LogP contribution in [-0.2, 0) is 10.0 Å². The van der Waals surface area contributed by atoms with E-state index >= 15 is 0 Å². The number of sulfonamides is 1. The predicted molar refractivity (Wildman–Crippen MR) is 124 cm³/mol. The van der Waals surface area contributed by atoms with Crippen LogP contribution in [0.15, 0.2) is 47.4 Å². The number of nitrogens with zero attached hydrogens (tertiary/aromatic N) is 2. The van der Waals surface area contributed by atoms with E-state index in [0.29, 0.717) is 56.6 Å². The summed E-state index contributed by atoms with van der Waals surface area (Å²) in [5.74, 6) is 2.27. The van der Waals surface area contributed by atoms with Crippen molar-refractivity contribution < 1.29 is 32.5 Å². The molecule has 0 saturated carbocycles. The second-order valence-electron chi connectivity index (χ2n) is 7.59. The Bertz CT molecular complexity index is 990. The number of hydrogen-bond donors (Lipinski definition) is 1. The third-order valence-corrected chi connectivity index (χ3v) is 7.26. The van der Waals surface area contributed by atoms with Gasteiger partial charge in [0, 0.05) is 38.8 Å². The van der Waals surface area contributed by atoms with Crippen LogP contribution in [0.4, 0.5) is 0 Å². The molecule has 1 fully saturated rings. The molecule has 0 aliphatic carbocycles. The van der Waals surface area contributed by atoms with Gasteiger partial charge in [0.25, 0.3) is 0 Å². The topological polar surface area (TPSA) is 97.8 Å². The quantitative estimate of drug-likeness (QED) is 0.521. The Morgan fingerprint density at radius 3 is 2.09 bits per heavy atom. The number of aliphatic hydroxyl groups is 1. The van der Waals surface area contributed by atoms with Gasteiger partial charge in [-0.15, -0.1) is 0 Å². The fourth-order valence-corrected chi connectivity index (χ4v) is 5.06. The molecule has 1 aliphatic rings. The number of β-amino-alcohol motifs (C(OH)–C–C–N with tert-alkyl or cyclic N) is 1. The number of piperazine rings is 1. The molecule has 3 rings (SSSR count). The largest absolute Gasteiger partial charge is 0.494 e. The first kappa shape index (κ1) is 25.1. The average Bonchev–Trinajstić information content (AvgIpc) is 2.83. The number of ether oxygens (including phenoxy) is 4. The molecular weight excluding hydrogens is 448 g/mol. The van der Waals surface area contributed by atoms with Crippen molar-refractivity contribution in [1.82, 2.24) is 9.21 Å². The third-order valence-electron chi connectivity index (χ3n) is 5.37. The molecule has 1 atom stereocenters. The summed E-state index contributed by atoms with van der Waals surface area (Å²) in [5, 5.41) is 10.4. The molecule has 1 heterocycles. The van der Waals surface area contributed by atoms with Crippen LogP contribution in [0.2, 0.25) is 0 Å². The first-order chi connectivity index (χ1) is 15.9. The first-order valence-electron chi connectivity index (χ1n) is 10.9. The second-order valence-corrected chi connectivity index (χ2v) is 9.53. The Labute approximate surface area is 195 Å². The summed E-state index contributed by atoms with van der Waals surface area (Å²) < 4.78 is 49.0.